The van der Waals surface area contributed by atoms with Gasteiger partial charge in [-0.25, -0.2) is 9.59 Å². The van der Waals surface area contributed by atoms with Crippen LogP contribution in [-0.2, 0) is 11.3 Å². The number of carboxylic acid groups (broad SMARTS) is 1. The summed E-state index contributed by atoms with van der Waals surface area (Å²) in [6.07, 6.45) is -3.68. The van der Waals surface area contributed by atoms with E-state index in [1.807, 2.05) is 17.0 Å². The molecule has 2 aliphatic heterocycles. The monoisotopic (exact) mass is 607 g/mol. The number of aliphatic hydroxyl groups is 1. The van der Waals surface area contributed by atoms with Crippen LogP contribution < -0.4 is 21.3 Å². The zero-order valence-corrected chi connectivity index (χ0v) is 22.7. The normalized spacial score (nSPS) is 20.1. The fourth-order valence-corrected chi connectivity index (χ4v) is 4.89. The first-order chi connectivity index (χ1) is 18.7. The highest BCUT2D eigenvalue weighted by atomic mass is 35.5. The minimum Gasteiger partial charge on any atom is -0.506 e. The average molecular weight is 608 g/mol. The lowest BCUT2D eigenvalue weighted by Crippen LogP contribution is -2.49. The molecule has 1 unspecified atom stereocenters. The third-order valence-corrected chi connectivity index (χ3v) is 7.11. The Hall–Kier alpha value is -2.97. The number of carbonyl (C=O) groups excluding carboxylic acids is 1. The molecular formula is C25H30Cl2F3N5O5. The van der Waals surface area contributed by atoms with Gasteiger partial charge in [0.15, 0.2) is 0 Å². The van der Waals surface area contributed by atoms with Crippen LogP contribution in [0.15, 0.2) is 36.4 Å². The van der Waals surface area contributed by atoms with E-state index in [0.717, 1.165) is 37.5 Å². The Morgan fingerprint density at radius 3 is 2.23 bits per heavy atom. The number of aliphatic hydroxyl groups excluding tert-OH is 1. The van der Waals surface area contributed by atoms with Gasteiger partial charge in [0.2, 0.25) is 0 Å². The van der Waals surface area contributed by atoms with E-state index in [1.165, 1.54) is 17.7 Å². The number of β-amino-alcohol motifs (C(OH)–C–C–N with tert-alkyl or cyclic N) is 1. The minimum absolute atomic E-state index is 0.0966. The number of hydrogen-bond acceptors (Lipinski definition) is 7. The summed E-state index contributed by atoms with van der Waals surface area (Å²) >= 11 is 12.0. The molecule has 0 aromatic heterocycles. The third kappa shape index (κ3) is 9.03. The molecule has 2 heterocycles. The van der Waals surface area contributed by atoms with Crippen molar-refractivity contribution in [1.82, 2.24) is 10.2 Å². The van der Waals surface area contributed by atoms with Gasteiger partial charge in [0.1, 0.15) is 5.75 Å². The summed E-state index contributed by atoms with van der Waals surface area (Å²) in [6.45, 7) is 3.75. The van der Waals surface area contributed by atoms with Gasteiger partial charge in [-0.1, -0.05) is 35.3 Å². The molecule has 0 radical (unpaired) electrons. The lowest BCUT2D eigenvalue weighted by Gasteiger charge is -2.34. The standard InChI is InChI=1S/C23H29Cl2N5O3.C2HF3O2/c24-15-3-1-14(2-4-15)11-29-7-5-16(6-8-29)27-19-12-30(13-22(19)32)20-10-21(31)17(25)9-18(20)28-23(26)33;3-2(4,5)1(6)7/h1-4,9-10,16,19,22,27,31-32H,5-8,11-13H2,(H3,26,28,33);(H,6,7)/t19?,22-;/m1./s1. The summed E-state index contributed by atoms with van der Waals surface area (Å²) in [5.74, 6) is -2.85. The van der Waals surface area contributed by atoms with Crippen LogP contribution in [0.1, 0.15) is 18.4 Å². The molecule has 2 fully saturated rings. The number of hydrogen-bond donors (Lipinski definition) is 6. The summed E-state index contributed by atoms with van der Waals surface area (Å²) < 4.78 is 31.7. The van der Waals surface area contributed by atoms with E-state index in [1.54, 1.807) is 0 Å². The number of aromatic hydroxyl groups is 1. The van der Waals surface area contributed by atoms with Gasteiger partial charge in [-0.3, -0.25) is 4.90 Å². The largest absolute Gasteiger partial charge is 0.506 e. The number of nitrogens with zero attached hydrogens (tertiary/aromatic N) is 2. The van der Waals surface area contributed by atoms with E-state index in [0.29, 0.717) is 30.5 Å². The number of amides is 2. The summed E-state index contributed by atoms with van der Waals surface area (Å²) in [5, 5.41) is 34.9. The van der Waals surface area contributed by atoms with E-state index in [9.17, 15) is 28.2 Å². The lowest BCUT2D eigenvalue weighted by molar-refractivity contribution is -0.192. The van der Waals surface area contributed by atoms with Gasteiger partial charge < -0.3 is 36.6 Å². The number of nitrogens with two attached hydrogens (primary N) is 1. The Bertz CT molecular complexity index is 1180. The van der Waals surface area contributed by atoms with Crippen LogP contribution in [0.25, 0.3) is 0 Å². The number of primary amides is 1. The lowest BCUT2D eigenvalue weighted by atomic mass is 10.0. The number of anilines is 2. The number of halogens is 5. The molecule has 0 bridgehead atoms. The van der Waals surface area contributed by atoms with Gasteiger partial charge in [0.25, 0.3) is 0 Å². The molecule has 40 heavy (non-hydrogen) atoms. The van der Waals surface area contributed by atoms with Crippen molar-refractivity contribution in [3.05, 3.63) is 52.0 Å². The second-order valence-electron chi connectivity index (χ2n) is 9.54. The number of piperidine rings is 1. The van der Waals surface area contributed by atoms with Crippen molar-refractivity contribution in [3.63, 3.8) is 0 Å². The highest BCUT2D eigenvalue weighted by Crippen LogP contribution is 2.37. The van der Waals surface area contributed by atoms with Crippen molar-refractivity contribution in [2.45, 2.75) is 43.8 Å². The summed E-state index contributed by atoms with van der Waals surface area (Å²) in [7, 11) is 0. The van der Waals surface area contributed by atoms with Gasteiger partial charge in [-0.15, -0.1) is 0 Å². The summed E-state index contributed by atoms with van der Waals surface area (Å²) in [5.41, 5.74) is 7.49. The highest BCUT2D eigenvalue weighted by molar-refractivity contribution is 6.32. The number of rotatable bonds is 6. The zero-order valence-electron chi connectivity index (χ0n) is 21.2. The Labute approximate surface area is 238 Å². The SMILES string of the molecule is NC(=O)Nc1cc(Cl)c(O)cc1N1CC(NC2CCN(Cc3ccc(Cl)cc3)CC2)[C@H](O)C1.O=C(O)C(F)(F)F. The van der Waals surface area contributed by atoms with Crippen LogP contribution in [0.2, 0.25) is 10.0 Å². The van der Waals surface area contributed by atoms with Gasteiger partial charge in [-0.05, 0) is 49.7 Å². The van der Waals surface area contributed by atoms with Crippen molar-refractivity contribution in [2.75, 3.05) is 36.4 Å². The van der Waals surface area contributed by atoms with Crippen LogP contribution in [0.5, 0.6) is 5.75 Å². The van der Waals surface area contributed by atoms with E-state index < -0.39 is 24.3 Å². The number of urea groups is 1. The van der Waals surface area contributed by atoms with Crippen molar-refractivity contribution >= 4 is 46.6 Å². The Balaban J connectivity index is 0.000000559. The molecule has 7 N–H and O–H groups in total. The molecule has 15 heteroatoms. The van der Waals surface area contributed by atoms with Crippen molar-refractivity contribution in [1.29, 1.82) is 0 Å². The molecule has 10 nitrogen and oxygen atoms in total. The van der Waals surface area contributed by atoms with Crippen LogP contribution in [0.4, 0.5) is 29.3 Å². The van der Waals surface area contributed by atoms with Crippen molar-refractivity contribution in [3.8, 4) is 5.75 Å². The van der Waals surface area contributed by atoms with E-state index >= 15 is 0 Å². The molecule has 2 amide bonds. The van der Waals surface area contributed by atoms with Gasteiger partial charge in [0, 0.05) is 36.8 Å². The second kappa shape index (κ2) is 13.6. The first-order valence-electron chi connectivity index (χ1n) is 12.3. The first kappa shape index (κ1) is 31.6. The molecule has 0 aliphatic carbocycles. The molecule has 2 aromatic rings. The number of carboxylic acids is 1. The third-order valence-electron chi connectivity index (χ3n) is 6.55. The predicted octanol–water partition coefficient (Wildman–Crippen LogP) is 3.63. The van der Waals surface area contributed by atoms with E-state index in [4.69, 9.17) is 38.8 Å². The molecular weight excluding hydrogens is 578 g/mol. The minimum atomic E-state index is -5.08. The number of nitrogens with one attached hydrogen (secondary N) is 2. The zero-order chi connectivity index (χ0) is 29.6. The Morgan fingerprint density at radius 2 is 1.68 bits per heavy atom. The first-order valence-corrected chi connectivity index (χ1v) is 13.0. The number of alkyl halides is 3. The molecule has 0 saturated carbocycles. The fraction of sp³-hybridized carbons (Fsp3) is 0.440. The quantitative estimate of drug-likeness (QED) is 0.272. The number of benzene rings is 2. The number of aliphatic carboxylic acids is 1. The Morgan fingerprint density at radius 1 is 1.07 bits per heavy atom. The molecule has 2 saturated heterocycles. The molecule has 2 atom stereocenters. The molecule has 220 valence electrons. The Kier molecular flexibility index (Phi) is 10.7. The van der Waals surface area contributed by atoms with Gasteiger partial charge in [-0.2, -0.15) is 13.2 Å². The fourth-order valence-electron chi connectivity index (χ4n) is 4.60. The maximum Gasteiger partial charge on any atom is 0.490 e. The summed E-state index contributed by atoms with van der Waals surface area (Å²) in [6, 6.07) is 10.4. The van der Waals surface area contributed by atoms with Crippen LogP contribution in [-0.4, -0.2) is 82.8 Å². The molecule has 2 aromatic carbocycles. The molecule has 2 aliphatic rings. The van der Waals surface area contributed by atoms with Crippen LogP contribution in [0.3, 0.4) is 0 Å². The number of carbonyl (C=O) groups is 2. The smallest absolute Gasteiger partial charge is 0.490 e. The van der Waals surface area contributed by atoms with Crippen molar-refractivity contribution < 1.29 is 38.1 Å². The highest BCUT2D eigenvalue weighted by Gasteiger charge is 2.38. The number of phenols is 1. The van der Waals surface area contributed by atoms with E-state index in [2.05, 4.69) is 27.7 Å². The molecule has 0 spiro atoms. The van der Waals surface area contributed by atoms with E-state index in [-0.39, 0.29) is 16.8 Å². The second-order valence-corrected chi connectivity index (χ2v) is 10.4. The van der Waals surface area contributed by atoms with Crippen molar-refractivity contribution in [2.24, 2.45) is 5.73 Å². The molecule has 4 rings (SSSR count). The predicted molar refractivity (Wildman–Crippen MR) is 145 cm³/mol. The van der Waals surface area contributed by atoms with Gasteiger partial charge >= 0.3 is 18.2 Å². The average Bonchev–Trinajstić information content (AvgIpc) is 3.23. The topological polar surface area (TPSA) is 151 Å². The van der Waals surface area contributed by atoms with Crippen LogP contribution >= 0.6 is 23.2 Å². The maximum atomic E-state index is 11.4. The maximum absolute atomic E-state index is 11.4. The van der Waals surface area contributed by atoms with Crippen LogP contribution in [0, 0.1) is 0 Å². The number of likely N-dealkylation sites (tertiary alicyclic amines) is 1. The summed E-state index contributed by atoms with van der Waals surface area (Å²) in [4.78, 5) is 24.6. The number of phenolic OH excluding ortho intramolecular Hbond substituents is 1. The van der Waals surface area contributed by atoms with Gasteiger partial charge in [0.05, 0.1) is 28.5 Å².